The van der Waals surface area contributed by atoms with Crippen LogP contribution in [0.3, 0.4) is 0 Å². The van der Waals surface area contributed by atoms with Gasteiger partial charge in [0.2, 0.25) is 0 Å². The average molecular weight is 244 g/mol. The molecule has 5 nitrogen and oxygen atoms in total. The van der Waals surface area contributed by atoms with Crippen molar-refractivity contribution in [2.75, 3.05) is 6.54 Å². The molecule has 2 N–H and O–H groups in total. The van der Waals surface area contributed by atoms with E-state index >= 15 is 0 Å². The van der Waals surface area contributed by atoms with Gasteiger partial charge in [0.25, 0.3) is 5.91 Å². The van der Waals surface area contributed by atoms with Crippen LogP contribution in [0.1, 0.15) is 28.7 Å². The SMILES string of the molecule is CCc1ccc(C(=O)NCCc2ncn[nH]2)cc1. The molecule has 0 unspecified atom stereocenters. The lowest BCUT2D eigenvalue weighted by atomic mass is 10.1. The largest absolute Gasteiger partial charge is 0.352 e. The maximum atomic E-state index is 11.8. The first-order chi connectivity index (χ1) is 8.79. The van der Waals surface area contributed by atoms with Gasteiger partial charge in [-0.05, 0) is 24.1 Å². The van der Waals surface area contributed by atoms with E-state index < -0.39 is 0 Å². The Morgan fingerprint density at radius 2 is 2.11 bits per heavy atom. The highest BCUT2D eigenvalue weighted by Crippen LogP contribution is 2.04. The van der Waals surface area contributed by atoms with Crippen LogP contribution in [0.25, 0.3) is 0 Å². The number of hydrogen-bond donors (Lipinski definition) is 2. The maximum Gasteiger partial charge on any atom is 0.251 e. The third kappa shape index (κ3) is 3.16. The van der Waals surface area contributed by atoms with Crippen LogP contribution in [0.2, 0.25) is 0 Å². The molecule has 0 fully saturated rings. The minimum absolute atomic E-state index is 0.0582. The van der Waals surface area contributed by atoms with E-state index in [9.17, 15) is 4.79 Å². The number of aromatic amines is 1. The smallest absolute Gasteiger partial charge is 0.251 e. The van der Waals surface area contributed by atoms with Crippen LogP contribution < -0.4 is 5.32 Å². The predicted molar refractivity (Wildman–Crippen MR) is 68.2 cm³/mol. The minimum atomic E-state index is -0.0582. The molecule has 2 aromatic rings. The van der Waals surface area contributed by atoms with Crippen LogP contribution in [-0.2, 0) is 12.8 Å². The predicted octanol–water partition coefficient (Wildman–Crippen LogP) is 1.34. The molecule has 0 bridgehead atoms. The lowest BCUT2D eigenvalue weighted by Gasteiger charge is -2.04. The first kappa shape index (κ1) is 12.3. The Morgan fingerprint density at radius 3 is 2.72 bits per heavy atom. The van der Waals surface area contributed by atoms with E-state index in [1.54, 1.807) is 0 Å². The molecule has 0 saturated heterocycles. The second-order valence-electron chi connectivity index (χ2n) is 3.99. The zero-order chi connectivity index (χ0) is 12.8. The van der Waals surface area contributed by atoms with Crippen molar-refractivity contribution in [1.82, 2.24) is 20.5 Å². The van der Waals surface area contributed by atoms with Crippen molar-refractivity contribution in [3.8, 4) is 0 Å². The van der Waals surface area contributed by atoms with Crippen LogP contribution in [0, 0.1) is 0 Å². The molecule has 1 aromatic heterocycles. The van der Waals surface area contributed by atoms with E-state index in [2.05, 4.69) is 27.4 Å². The summed E-state index contributed by atoms with van der Waals surface area (Å²) in [6, 6.07) is 7.65. The summed E-state index contributed by atoms with van der Waals surface area (Å²) in [5, 5.41) is 9.35. The van der Waals surface area contributed by atoms with Crippen molar-refractivity contribution < 1.29 is 4.79 Å². The lowest BCUT2D eigenvalue weighted by Crippen LogP contribution is -2.25. The molecule has 1 amide bonds. The van der Waals surface area contributed by atoms with E-state index in [1.807, 2.05) is 24.3 Å². The summed E-state index contributed by atoms with van der Waals surface area (Å²) in [4.78, 5) is 15.8. The molecule has 5 heteroatoms. The molecule has 0 aliphatic heterocycles. The number of rotatable bonds is 5. The van der Waals surface area contributed by atoms with Gasteiger partial charge in [0.15, 0.2) is 0 Å². The molecule has 94 valence electrons. The van der Waals surface area contributed by atoms with Crippen molar-refractivity contribution in [2.24, 2.45) is 0 Å². The van der Waals surface area contributed by atoms with E-state index in [4.69, 9.17) is 0 Å². The third-order valence-electron chi connectivity index (χ3n) is 2.74. The Hall–Kier alpha value is -2.17. The summed E-state index contributed by atoms with van der Waals surface area (Å²) in [7, 11) is 0. The molecular weight excluding hydrogens is 228 g/mol. The third-order valence-corrected chi connectivity index (χ3v) is 2.74. The Balaban J connectivity index is 1.83. The topological polar surface area (TPSA) is 70.7 Å². The first-order valence-corrected chi connectivity index (χ1v) is 6.01. The second-order valence-corrected chi connectivity index (χ2v) is 3.99. The molecule has 0 spiro atoms. The quantitative estimate of drug-likeness (QED) is 0.833. The average Bonchev–Trinajstić information content (AvgIpc) is 2.92. The molecule has 0 saturated carbocycles. The number of H-pyrrole nitrogens is 1. The summed E-state index contributed by atoms with van der Waals surface area (Å²) in [6.45, 7) is 2.63. The highest BCUT2D eigenvalue weighted by Gasteiger charge is 2.04. The van der Waals surface area contributed by atoms with Crippen molar-refractivity contribution in [3.05, 3.63) is 47.5 Å². The lowest BCUT2D eigenvalue weighted by molar-refractivity contribution is 0.0954. The van der Waals surface area contributed by atoms with E-state index in [1.165, 1.54) is 11.9 Å². The highest BCUT2D eigenvalue weighted by atomic mass is 16.1. The van der Waals surface area contributed by atoms with E-state index in [-0.39, 0.29) is 5.91 Å². The number of carbonyl (C=O) groups is 1. The summed E-state index contributed by atoms with van der Waals surface area (Å²) in [5.74, 6) is 0.716. The Morgan fingerprint density at radius 1 is 1.33 bits per heavy atom. The fraction of sp³-hybridized carbons (Fsp3) is 0.308. The highest BCUT2D eigenvalue weighted by molar-refractivity contribution is 5.94. The van der Waals surface area contributed by atoms with Gasteiger partial charge in [-0.3, -0.25) is 9.89 Å². The summed E-state index contributed by atoms with van der Waals surface area (Å²) < 4.78 is 0. The summed E-state index contributed by atoms with van der Waals surface area (Å²) in [6.07, 6.45) is 3.09. The fourth-order valence-electron chi connectivity index (χ4n) is 1.64. The standard InChI is InChI=1S/C13H16N4O/c1-2-10-3-5-11(6-4-10)13(18)14-8-7-12-15-9-16-17-12/h3-6,9H,2,7-8H2,1H3,(H,14,18)(H,15,16,17). The molecule has 2 rings (SSSR count). The number of aryl methyl sites for hydroxylation is 1. The van der Waals surface area contributed by atoms with Gasteiger partial charge in [0.1, 0.15) is 12.2 Å². The summed E-state index contributed by atoms with van der Waals surface area (Å²) >= 11 is 0. The van der Waals surface area contributed by atoms with Crippen LogP contribution >= 0.6 is 0 Å². The first-order valence-electron chi connectivity index (χ1n) is 6.01. The monoisotopic (exact) mass is 244 g/mol. The molecular formula is C13H16N4O. The number of amides is 1. The second kappa shape index (κ2) is 5.95. The molecule has 0 atom stereocenters. The zero-order valence-corrected chi connectivity index (χ0v) is 10.3. The van der Waals surface area contributed by atoms with Gasteiger partial charge >= 0.3 is 0 Å². The summed E-state index contributed by atoms with van der Waals surface area (Å²) in [5.41, 5.74) is 1.91. The van der Waals surface area contributed by atoms with Gasteiger partial charge in [-0.1, -0.05) is 19.1 Å². The van der Waals surface area contributed by atoms with Crippen LogP contribution in [0.15, 0.2) is 30.6 Å². The van der Waals surface area contributed by atoms with Crippen molar-refractivity contribution in [2.45, 2.75) is 19.8 Å². The van der Waals surface area contributed by atoms with Crippen molar-refractivity contribution in [3.63, 3.8) is 0 Å². The van der Waals surface area contributed by atoms with Gasteiger partial charge in [-0.2, -0.15) is 5.10 Å². The number of aromatic nitrogens is 3. The molecule has 0 radical (unpaired) electrons. The normalized spacial score (nSPS) is 10.3. The number of carbonyl (C=O) groups excluding carboxylic acids is 1. The van der Waals surface area contributed by atoms with E-state index in [0.29, 0.717) is 18.5 Å². The number of nitrogens with zero attached hydrogens (tertiary/aromatic N) is 2. The molecule has 18 heavy (non-hydrogen) atoms. The van der Waals surface area contributed by atoms with Gasteiger partial charge < -0.3 is 5.32 Å². The minimum Gasteiger partial charge on any atom is -0.352 e. The molecule has 1 aromatic carbocycles. The zero-order valence-electron chi connectivity index (χ0n) is 10.3. The van der Waals surface area contributed by atoms with E-state index in [0.717, 1.165) is 12.2 Å². The molecule has 0 aliphatic carbocycles. The Labute approximate surface area is 106 Å². The number of benzene rings is 1. The molecule has 0 aliphatic rings. The van der Waals surface area contributed by atoms with Gasteiger partial charge in [-0.15, -0.1) is 0 Å². The van der Waals surface area contributed by atoms with Gasteiger partial charge in [-0.25, -0.2) is 4.98 Å². The van der Waals surface area contributed by atoms with Crippen LogP contribution in [0.5, 0.6) is 0 Å². The maximum absolute atomic E-state index is 11.8. The van der Waals surface area contributed by atoms with Crippen LogP contribution in [-0.4, -0.2) is 27.6 Å². The van der Waals surface area contributed by atoms with Crippen LogP contribution in [0.4, 0.5) is 0 Å². The number of hydrogen-bond acceptors (Lipinski definition) is 3. The Bertz CT molecular complexity index is 490. The fourth-order valence-corrected chi connectivity index (χ4v) is 1.64. The van der Waals surface area contributed by atoms with Gasteiger partial charge in [0, 0.05) is 18.5 Å². The molecule has 1 heterocycles. The number of nitrogens with one attached hydrogen (secondary N) is 2. The van der Waals surface area contributed by atoms with Crippen molar-refractivity contribution >= 4 is 5.91 Å². The van der Waals surface area contributed by atoms with Crippen molar-refractivity contribution in [1.29, 1.82) is 0 Å². The van der Waals surface area contributed by atoms with Gasteiger partial charge in [0.05, 0.1) is 0 Å². The Kier molecular flexibility index (Phi) is 4.06.